The number of ether oxygens (including phenoxy) is 1. The summed E-state index contributed by atoms with van der Waals surface area (Å²) in [6, 6.07) is 9.93. The second kappa shape index (κ2) is 9.22. The number of nitrogens with one attached hydrogen (secondary N) is 1. The number of benzene rings is 1. The lowest BCUT2D eigenvalue weighted by atomic mass is 9.67. The number of nitrogens with two attached hydrogens (primary N) is 1. The van der Waals surface area contributed by atoms with E-state index in [1.54, 1.807) is 13.3 Å². The van der Waals surface area contributed by atoms with Gasteiger partial charge in [0.25, 0.3) is 0 Å². The number of hydrogen-bond donors (Lipinski definition) is 2. The molecule has 1 fully saturated rings. The van der Waals surface area contributed by atoms with Gasteiger partial charge in [-0.25, -0.2) is 4.98 Å². The highest BCUT2D eigenvalue weighted by atomic mass is 16.5. The molecule has 1 aliphatic heterocycles. The monoisotopic (exact) mass is 474 g/mol. The minimum atomic E-state index is 0.154. The average Bonchev–Trinajstić information content (AvgIpc) is 3.19. The molecule has 9 nitrogen and oxygen atoms in total. The van der Waals surface area contributed by atoms with Gasteiger partial charge in [0.05, 0.1) is 35.6 Å². The van der Waals surface area contributed by atoms with Crippen molar-refractivity contribution in [2.75, 3.05) is 68.7 Å². The quantitative estimate of drug-likeness (QED) is 0.473. The van der Waals surface area contributed by atoms with E-state index in [-0.39, 0.29) is 5.41 Å². The van der Waals surface area contributed by atoms with E-state index in [1.165, 1.54) is 25.0 Å². The van der Waals surface area contributed by atoms with E-state index in [0.29, 0.717) is 17.4 Å². The number of hydrogen-bond acceptors (Lipinski definition) is 9. The molecule has 1 saturated carbocycles. The molecule has 0 bridgehead atoms. The van der Waals surface area contributed by atoms with Crippen molar-refractivity contribution in [3.63, 3.8) is 0 Å². The van der Waals surface area contributed by atoms with Crippen LogP contribution in [0.3, 0.4) is 0 Å². The third kappa shape index (κ3) is 4.32. The summed E-state index contributed by atoms with van der Waals surface area (Å²) in [5.41, 5.74) is 11.2. The molecule has 184 valence electrons. The number of fused-ring (bicyclic) bond motifs is 2. The molecule has 0 amide bonds. The lowest BCUT2D eigenvalue weighted by molar-refractivity contribution is 0.260. The molecule has 1 aliphatic carbocycles. The standard InChI is InChI=1S/C26H34N8O/c1-32(2)13-14-33(3)21-16-22(35-4)19(15-18(21)27)30-25-29-12-8-23(31-25)34-17-26(9-6-10-26)24-20(34)7-5-11-28-24/h5,7-8,11-12,15-16H,6,9-10,13-14,17,27H2,1-4H3,(H,29,30,31). The number of pyridine rings is 1. The van der Waals surface area contributed by atoms with E-state index in [4.69, 9.17) is 20.4 Å². The predicted molar refractivity (Wildman–Crippen MR) is 141 cm³/mol. The van der Waals surface area contributed by atoms with E-state index in [0.717, 1.165) is 42.5 Å². The predicted octanol–water partition coefficient (Wildman–Crippen LogP) is 3.78. The minimum absolute atomic E-state index is 0.154. The van der Waals surface area contributed by atoms with Gasteiger partial charge >= 0.3 is 0 Å². The molecule has 3 aromatic rings. The molecule has 3 N–H and O–H groups in total. The Morgan fingerprint density at radius 2 is 1.94 bits per heavy atom. The SMILES string of the molecule is COc1cc(N(C)CCN(C)C)c(N)cc1Nc1nccc(N2CC3(CCC3)c3ncccc32)n1. The largest absolute Gasteiger partial charge is 0.494 e. The van der Waals surface area contributed by atoms with Gasteiger partial charge in [0.1, 0.15) is 11.6 Å². The Morgan fingerprint density at radius 1 is 1.11 bits per heavy atom. The van der Waals surface area contributed by atoms with Crippen molar-refractivity contribution < 1.29 is 4.74 Å². The molecular weight excluding hydrogens is 440 g/mol. The summed E-state index contributed by atoms with van der Waals surface area (Å²) in [4.78, 5) is 20.6. The zero-order chi connectivity index (χ0) is 24.6. The number of anilines is 6. The smallest absolute Gasteiger partial charge is 0.229 e. The summed E-state index contributed by atoms with van der Waals surface area (Å²) in [5.74, 6) is 2.03. The van der Waals surface area contributed by atoms with Crippen LogP contribution in [-0.4, -0.2) is 67.7 Å². The molecule has 0 saturated heterocycles. The third-order valence-corrected chi connectivity index (χ3v) is 7.16. The number of methoxy groups -OCH3 is 1. The van der Waals surface area contributed by atoms with Crippen LogP contribution in [0, 0.1) is 0 Å². The molecule has 0 radical (unpaired) electrons. The van der Waals surface area contributed by atoms with E-state index in [9.17, 15) is 0 Å². The van der Waals surface area contributed by atoms with Gasteiger partial charge in [-0.15, -0.1) is 0 Å². The lowest BCUT2D eigenvalue weighted by Gasteiger charge is -2.38. The fourth-order valence-corrected chi connectivity index (χ4v) is 5.02. The highest BCUT2D eigenvalue weighted by Crippen LogP contribution is 2.53. The fourth-order valence-electron chi connectivity index (χ4n) is 5.02. The molecule has 35 heavy (non-hydrogen) atoms. The summed E-state index contributed by atoms with van der Waals surface area (Å²) in [6.45, 7) is 2.68. The van der Waals surface area contributed by atoms with Crippen molar-refractivity contribution in [1.29, 1.82) is 0 Å². The van der Waals surface area contributed by atoms with Crippen molar-refractivity contribution in [2.24, 2.45) is 0 Å². The number of aromatic nitrogens is 3. The van der Waals surface area contributed by atoms with Crippen LogP contribution in [0.5, 0.6) is 5.75 Å². The number of nitrogens with zero attached hydrogens (tertiary/aromatic N) is 6. The molecule has 2 aromatic heterocycles. The van der Waals surface area contributed by atoms with Gasteiger partial charge < -0.3 is 30.5 Å². The fraction of sp³-hybridized carbons (Fsp3) is 0.423. The van der Waals surface area contributed by atoms with E-state index in [1.807, 2.05) is 37.5 Å². The maximum absolute atomic E-state index is 6.43. The van der Waals surface area contributed by atoms with Crippen LogP contribution < -0.4 is 25.6 Å². The van der Waals surface area contributed by atoms with Gasteiger partial charge in [-0.05, 0) is 51.2 Å². The van der Waals surface area contributed by atoms with Crippen LogP contribution in [0.25, 0.3) is 0 Å². The first-order chi connectivity index (χ1) is 16.9. The van der Waals surface area contributed by atoms with Crippen LogP contribution in [0.2, 0.25) is 0 Å². The molecule has 2 aliphatic rings. The number of rotatable bonds is 8. The Balaban J connectivity index is 1.40. The van der Waals surface area contributed by atoms with Crippen molar-refractivity contribution >= 4 is 34.5 Å². The Kier molecular flexibility index (Phi) is 6.10. The molecule has 0 unspecified atom stereocenters. The lowest BCUT2D eigenvalue weighted by Crippen LogP contribution is -2.38. The van der Waals surface area contributed by atoms with Gasteiger partial charge in [0.15, 0.2) is 0 Å². The number of likely N-dealkylation sites (N-methyl/N-ethyl adjacent to an activating group) is 2. The molecule has 9 heteroatoms. The van der Waals surface area contributed by atoms with Crippen molar-refractivity contribution in [1.82, 2.24) is 19.9 Å². The van der Waals surface area contributed by atoms with E-state index < -0.39 is 0 Å². The molecule has 1 spiro atoms. The Labute approximate surface area is 206 Å². The van der Waals surface area contributed by atoms with Crippen LogP contribution in [0.1, 0.15) is 25.0 Å². The third-order valence-electron chi connectivity index (χ3n) is 7.16. The van der Waals surface area contributed by atoms with E-state index >= 15 is 0 Å². The van der Waals surface area contributed by atoms with Gasteiger partial charge in [0.2, 0.25) is 5.95 Å². The van der Waals surface area contributed by atoms with Gasteiger partial charge in [-0.1, -0.05) is 6.42 Å². The topological polar surface area (TPSA) is 95.7 Å². The normalized spacial score (nSPS) is 15.7. The van der Waals surface area contributed by atoms with Crippen LogP contribution >= 0.6 is 0 Å². The van der Waals surface area contributed by atoms with Crippen LogP contribution in [0.15, 0.2) is 42.7 Å². The van der Waals surface area contributed by atoms with Crippen molar-refractivity contribution in [3.8, 4) is 5.75 Å². The Bertz CT molecular complexity index is 1210. The first-order valence-corrected chi connectivity index (χ1v) is 12.1. The average molecular weight is 475 g/mol. The highest BCUT2D eigenvalue weighted by Gasteiger charge is 2.48. The second-order valence-electron chi connectivity index (χ2n) is 9.79. The zero-order valence-electron chi connectivity index (χ0n) is 21.0. The van der Waals surface area contributed by atoms with Crippen LogP contribution in [0.4, 0.5) is 34.5 Å². The maximum atomic E-state index is 6.43. The second-order valence-corrected chi connectivity index (χ2v) is 9.79. The van der Waals surface area contributed by atoms with Crippen molar-refractivity contribution in [3.05, 3.63) is 48.4 Å². The number of nitrogen functional groups attached to an aromatic ring is 1. The van der Waals surface area contributed by atoms with Gasteiger partial charge in [-0.2, -0.15) is 4.98 Å². The molecular formula is C26H34N8O. The summed E-state index contributed by atoms with van der Waals surface area (Å²) >= 11 is 0. The highest BCUT2D eigenvalue weighted by molar-refractivity contribution is 5.79. The molecule has 1 aromatic carbocycles. The Hall–Kier alpha value is -3.59. The molecule has 0 atom stereocenters. The summed E-state index contributed by atoms with van der Waals surface area (Å²) in [6.07, 6.45) is 7.28. The zero-order valence-corrected chi connectivity index (χ0v) is 21.0. The first kappa shape index (κ1) is 23.2. The summed E-state index contributed by atoms with van der Waals surface area (Å²) < 4.78 is 5.69. The minimum Gasteiger partial charge on any atom is -0.494 e. The van der Waals surface area contributed by atoms with Crippen molar-refractivity contribution in [2.45, 2.75) is 24.7 Å². The molecule has 5 rings (SSSR count). The van der Waals surface area contributed by atoms with Crippen LogP contribution in [-0.2, 0) is 5.41 Å². The molecule has 3 heterocycles. The summed E-state index contributed by atoms with van der Waals surface area (Å²) in [7, 11) is 7.81. The summed E-state index contributed by atoms with van der Waals surface area (Å²) in [5, 5.41) is 3.32. The Morgan fingerprint density at radius 3 is 2.66 bits per heavy atom. The van der Waals surface area contributed by atoms with Gasteiger partial charge in [-0.3, -0.25) is 4.98 Å². The van der Waals surface area contributed by atoms with Gasteiger partial charge in [0, 0.05) is 50.6 Å². The first-order valence-electron chi connectivity index (χ1n) is 12.1. The van der Waals surface area contributed by atoms with E-state index in [2.05, 4.69) is 45.2 Å². The maximum Gasteiger partial charge on any atom is 0.229 e.